The molecule has 0 aliphatic heterocycles. The van der Waals surface area contributed by atoms with E-state index in [4.69, 9.17) is 5.73 Å². The van der Waals surface area contributed by atoms with Crippen LogP contribution in [0.3, 0.4) is 0 Å². The lowest BCUT2D eigenvalue weighted by atomic mass is 10.3. The Balaban J connectivity index is 3.18. The van der Waals surface area contributed by atoms with Gasteiger partial charge < -0.3 is 21.3 Å². The molecule has 0 unspecified atom stereocenters. The number of nitrogens with zero attached hydrogens (tertiary/aromatic N) is 1. The topological polar surface area (TPSA) is 87.5 Å². The molecule has 88 valence electrons. The molecule has 0 saturated carbocycles. The Kier molecular flexibility index (Phi) is 7.35. The quantitative estimate of drug-likeness (QED) is 0.483. The van der Waals surface area contributed by atoms with Gasteiger partial charge >= 0.3 is 6.03 Å². The van der Waals surface area contributed by atoms with Crippen LogP contribution in [0.15, 0.2) is 0 Å². The number of hydrogen-bond acceptors (Lipinski definition) is 3. The van der Waals surface area contributed by atoms with Crippen LogP contribution >= 0.6 is 0 Å². The molecule has 0 spiro atoms. The number of nitrogens with two attached hydrogens (primary N) is 1. The highest BCUT2D eigenvalue weighted by Gasteiger charge is 2.01. The zero-order chi connectivity index (χ0) is 11.7. The Labute approximate surface area is 90.2 Å². The molecule has 6 heteroatoms. The van der Waals surface area contributed by atoms with E-state index in [0.29, 0.717) is 19.5 Å². The number of urea groups is 1. The van der Waals surface area contributed by atoms with Gasteiger partial charge in [0, 0.05) is 33.6 Å². The maximum atomic E-state index is 11.1. The van der Waals surface area contributed by atoms with Crippen LogP contribution in [0.2, 0.25) is 0 Å². The van der Waals surface area contributed by atoms with Crippen LogP contribution in [0.5, 0.6) is 0 Å². The minimum Gasteiger partial charge on any atom is -0.352 e. The zero-order valence-electron chi connectivity index (χ0n) is 9.38. The number of hydrogen-bond donors (Lipinski definition) is 3. The van der Waals surface area contributed by atoms with Gasteiger partial charge in [0.05, 0.1) is 0 Å². The standard InChI is InChI=1S/C9H20N4O2/c1-13(2)8(14)4-3-5-11-6-7-12-9(10)15/h11H,3-7H2,1-2H3,(H3,10,12,15). The normalized spacial score (nSPS) is 9.73. The lowest BCUT2D eigenvalue weighted by molar-refractivity contribution is -0.128. The number of carbonyl (C=O) groups is 2. The van der Waals surface area contributed by atoms with Gasteiger partial charge in [0.1, 0.15) is 0 Å². The molecule has 0 fully saturated rings. The van der Waals surface area contributed by atoms with E-state index in [2.05, 4.69) is 10.6 Å². The molecule has 0 aliphatic rings. The van der Waals surface area contributed by atoms with E-state index < -0.39 is 6.03 Å². The van der Waals surface area contributed by atoms with Crippen LogP contribution in [-0.2, 0) is 4.79 Å². The maximum absolute atomic E-state index is 11.1. The predicted octanol–water partition coefficient (Wildman–Crippen LogP) is -0.887. The summed E-state index contributed by atoms with van der Waals surface area (Å²) in [5.74, 6) is 0.132. The Bertz CT molecular complexity index is 206. The highest BCUT2D eigenvalue weighted by Crippen LogP contribution is 1.91. The second-order valence-corrected chi connectivity index (χ2v) is 3.43. The lowest BCUT2D eigenvalue weighted by Crippen LogP contribution is -2.35. The molecule has 6 nitrogen and oxygen atoms in total. The van der Waals surface area contributed by atoms with Crippen molar-refractivity contribution >= 4 is 11.9 Å². The van der Waals surface area contributed by atoms with Gasteiger partial charge in [0.15, 0.2) is 0 Å². The fraction of sp³-hybridized carbons (Fsp3) is 0.778. The van der Waals surface area contributed by atoms with Crippen LogP contribution in [0.4, 0.5) is 4.79 Å². The van der Waals surface area contributed by atoms with Gasteiger partial charge in [0.2, 0.25) is 5.91 Å². The molecular weight excluding hydrogens is 196 g/mol. The SMILES string of the molecule is CN(C)C(=O)CCCNCCNC(N)=O. The van der Waals surface area contributed by atoms with Gasteiger partial charge in [-0.05, 0) is 13.0 Å². The van der Waals surface area contributed by atoms with Crippen molar-refractivity contribution in [1.29, 1.82) is 0 Å². The summed E-state index contributed by atoms with van der Waals surface area (Å²) in [4.78, 5) is 23.0. The summed E-state index contributed by atoms with van der Waals surface area (Å²) < 4.78 is 0. The first kappa shape index (κ1) is 13.7. The molecule has 15 heavy (non-hydrogen) atoms. The van der Waals surface area contributed by atoms with Crippen molar-refractivity contribution in [3.8, 4) is 0 Å². The van der Waals surface area contributed by atoms with Gasteiger partial charge in [-0.3, -0.25) is 4.79 Å². The highest BCUT2D eigenvalue weighted by molar-refractivity contribution is 5.75. The van der Waals surface area contributed by atoms with Crippen molar-refractivity contribution in [3.05, 3.63) is 0 Å². The summed E-state index contributed by atoms with van der Waals surface area (Å²) in [7, 11) is 3.49. The van der Waals surface area contributed by atoms with Gasteiger partial charge in [-0.1, -0.05) is 0 Å². The average molecular weight is 216 g/mol. The molecule has 0 radical (unpaired) electrons. The molecule has 3 amide bonds. The van der Waals surface area contributed by atoms with Gasteiger partial charge in [-0.25, -0.2) is 4.79 Å². The molecule has 0 aromatic heterocycles. The molecule has 0 rings (SSSR count). The number of amides is 3. The van der Waals surface area contributed by atoms with Crippen molar-refractivity contribution in [1.82, 2.24) is 15.5 Å². The Morgan fingerprint density at radius 2 is 1.87 bits per heavy atom. The summed E-state index contributed by atoms with van der Waals surface area (Å²) >= 11 is 0. The number of nitrogens with one attached hydrogen (secondary N) is 2. The maximum Gasteiger partial charge on any atom is 0.312 e. The summed E-state index contributed by atoms with van der Waals surface area (Å²) in [6.45, 7) is 1.94. The second-order valence-electron chi connectivity index (χ2n) is 3.43. The largest absolute Gasteiger partial charge is 0.352 e. The summed E-state index contributed by atoms with van der Waals surface area (Å²) in [5, 5.41) is 5.56. The van der Waals surface area contributed by atoms with Crippen LogP contribution in [0.1, 0.15) is 12.8 Å². The number of carbonyl (C=O) groups excluding carboxylic acids is 2. The fourth-order valence-electron chi connectivity index (χ4n) is 0.987. The molecule has 0 heterocycles. The smallest absolute Gasteiger partial charge is 0.312 e. The number of primary amides is 1. The van der Waals surface area contributed by atoms with Crippen molar-refractivity contribution < 1.29 is 9.59 Å². The van der Waals surface area contributed by atoms with Crippen molar-refractivity contribution in [2.45, 2.75) is 12.8 Å². The first-order valence-corrected chi connectivity index (χ1v) is 4.98. The summed E-state index contributed by atoms with van der Waals surface area (Å²) in [6.07, 6.45) is 1.34. The van der Waals surface area contributed by atoms with Crippen molar-refractivity contribution in [2.24, 2.45) is 5.73 Å². The molecule has 0 aromatic carbocycles. The molecular formula is C9H20N4O2. The third-order valence-electron chi connectivity index (χ3n) is 1.84. The minimum absolute atomic E-state index is 0.132. The van der Waals surface area contributed by atoms with Gasteiger partial charge in [-0.15, -0.1) is 0 Å². The minimum atomic E-state index is -0.514. The van der Waals surface area contributed by atoms with Gasteiger partial charge in [0.25, 0.3) is 0 Å². The van der Waals surface area contributed by atoms with Crippen LogP contribution < -0.4 is 16.4 Å². The highest BCUT2D eigenvalue weighted by atomic mass is 16.2. The lowest BCUT2D eigenvalue weighted by Gasteiger charge is -2.10. The Morgan fingerprint density at radius 1 is 1.20 bits per heavy atom. The predicted molar refractivity (Wildman–Crippen MR) is 58.4 cm³/mol. The van der Waals surface area contributed by atoms with E-state index in [1.807, 2.05) is 0 Å². The van der Waals surface area contributed by atoms with Crippen LogP contribution in [0, 0.1) is 0 Å². The molecule has 0 atom stereocenters. The van der Waals surface area contributed by atoms with E-state index in [0.717, 1.165) is 13.0 Å². The zero-order valence-corrected chi connectivity index (χ0v) is 9.38. The Hall–Kier alpha value is -1.30. The van der Waals surface area contributed by atoms with Crippen molar-refractivity contribution in [3.63, 3.8) is 0 Å². The first-order chi connectivity index (χ1) is 7.04. The third-order valence-corrected chi connectivity index (χ3v) is 1.84. The molecule has 0 bridgehead atoms. The summed E-state index contributed by atoms with van der Waals surface area (Å²) in [5.41, 5.74) is 4.88. The van der Waals surface area contributed by atoms with E-state index in [1.165, 1.54) is 0 Å². The summed E-state index contributed by atoms with van der Waals surface area (Å²) in [6, 6.07) is -0.514. The van der Waals surface area contributed by atoms with E-state index in [9.17, 15) is 9.59 Å². The molecule has 4 N–H and O–H groups in total. The van der Waals surface area contributed by atoms with E-state index in [1.54, 1.807) is 19.0 Å². The van der Waals surface area contributed by atoms with Crippen LogP contribution in [-0.4, -0.2) is 50.6 Å². The van der Waals surface area contributed by atoms with Crippen molar-refractivity contribution in [2.75, 3.05) is 33.7 Å². The van der Waals surface area contributed by atoms with E-state index >= 15 is 0 Å². The third kappa shape index (κ3) is 9.01. The first-order valence-electron chi connectivity index (χ1n) is 4.98. The molecule has 0 aromatic rings. The second kappa shape index (κ2) is 8.05. The van der Waals surface area contributed by atoms with E-state index in [-0.39, 0.29) is 5.91 Å². The van der Waals surface area contributed by atoms with Gasteiger partial charge in [-0.2, -0.15) is 0 Å². The number of rotatable bonds is 7. The fourth-order valence-corrected chi connectivity index (χ4v) is 0.987. The monoisotopic (exact) mass is 216 g/mol. The average Bonchev–Trinajstić information content (AvgIpc) is 2.15. The molecule has 0 saturated heterocycles. The Morgan fingerprint density at radius 3 is 2.40 bits per heavy atom. The molecule has 0 aliphatic carbocycles. The van der Waals surface area contributed by atoms with Crippen LogP contribution in [0.25, 0.3) is 0 Å².